The molecule has 40 heavy (non-hydrogen) atoms. The van der Waals surface area contributed by atoms with Gasteiger partial charge in [-0.05, 0) is 74.3 Å². The largest absolute Gasteiger partial charge is 0.490 e. The number of carbonyl (C=O) groups excluding carboxylic acids is 1. The van der Waals surface area contributed by atoms with Crippen molar-refractivity contribution in [1.29, 1.82) is 0 Å². The van der Waals surface area contributed by atoms with Crippen LogP contribution in [0.4, 0.5) is 0 Å². The number of nitrogens with two attached hydrogens (primary N) is 1. The first-order valence-corrected chi connectivity index (χ1v) is 15.4. The third-order valence-corrected chi connectivity index (χ3v) is 8.76. The SMILES string of the molecule is C=C/C(C(=O)c1cc2cc(OC(CCC)CCC(CCC)C3CCCC3)c(-c3ccccc3C)cc2[nH]1)=C(\C)N. The number of H-pyrrole nitrogens is 1. The summed E-state index contributed by atoms with van der Waals surface area (Å²) in [5.41, 5.74) is 11.7. The van der Waals surface area contributed by atoms with Gasteiger partial charge in [-0.15, -0.1) is 0 Å². The highest BCUT2D eigenvalue weighted by molar-refractivity contribution is 6.12. The van der Waals surface area contributed by atoms with Crippen LogP contribution in [0.1, 0.15) is 101 Å². The van der Waals surface area contributed by atoms with E-state index >= 15 is 0 Å². The Labute approximate surface area is 241 Å². The number of ketones is 1. The van der Waals surface area contributed by atoms with E-state index in [1.807, 2.05) is 6.07 Å². The molecule has 0 aliphatic heterocycles. The maximum absolute atomic E-state index is 13.2. The van der Waals surface area contributed by atoms with Gasteiger partial charge in [-0.25, -0.2) is 0 Å². The summed E-state index contributed by atoms with van der Waals surface area (Å²) in [6, 6.07) is 14.6. The number of hydrogen-bond acceptors (Lipinski definition) is 3. The molecule has 0 spiro atoms. The van der Waals surface area contributed by atoms with E-state index < -0.39 is 0 Å². The molecular formula is C36H48N2O2. The monoisotopic (exact) mass is 540 g/mol. The number of aromatic amines is 1. The lowest BCUT2D eigenvalue weighted by Crippen LogP contribution is -2.20. The van der Waals surface area contributed by atoms with Gasteiger partial charge in [-0.2, -0.15) is 0 Å². The molecule has 214 valence electrons. The topological polar surface area (TPSA) is 68.1 Å². The minimum Gasteiger partial charge on any atom is -0.490 e. The quantitative estimate of drug-likeness (QED) is 0.121. The Morgan fingerprint density at radius 3 is 2.42 bits per heavy atom. The Balaban J connectivity index is 1.69. The van der Waals surface area contributed by atoms with E-state index in [9.17, 15) is 4.79 Å². The zero-order valence-corrected chi connectivity index (χ0v) is 25.0. The van der Waals surface area contributed by atoms with Crippen molar-refractivity contribution < 1.29 is 9.53 Å². The lowest BCUT2D eigenvalue weighted by Gasteiger charge is -2.27. The maximum atomic E-state index is 13.2. The van der Waals surface area contributed by atoms with Gasteiger partial charge in [-0.1, -0.05) is 95.7 Å². The first kappa shape index (κ1) is 29.7. The number of ether oxygens (including phenoxy) is 1. The smallest absolute Gasteiger partial charge is 0.210 e. The second-order valence-electron chi connectivity index (χ2n) is 11.8. The Morgan fingerprint density at radius 2 is 1.77 bits per heavy atom. The standard InChI is InChI=1S/C36H48N2O2/c1-6-13-26(27-16-10-11-17-27)19-20-29(14-7-2)40-35-22-28-21-34(36(39)30(8-3)25(5)37)38-33(28)23-32(35)31-18-12-9-15-24(31)4/h8-9,12,15,18,21-23,26-27,29,38H,3,6-7,10-11,13-14,16-17,19-20,37H2,1-2,4-5H3/b30-25-. The molecule has 4 heteroatoms. The molecule has 0 bridgehead atoms. The van der Waals surface area contributed by atoms with E-state index in [-0.39, 0.29) is 11.9 Å². The van der Waals surface area contributed by atoms with Crippen molar-refractivity contribution in [2.75, 3.05) is 0 Å². The number of benzene rings is 2. The van der Waals surface area contributed by atoms with Gasteiger partial charge in [0.25, 0.3) is 0 Å². The third-order valence-electron chi connectivity index (χ3n) is 8.76. The van der Waals surface area contributed by atoms with Crippen molar-refractivity contribution >= 4 is 16.7 Å². The zero-order chi connectivity index (χ0) is 28.6. The van der Waals surface area contributed by atoms with Gasteiger partial charge in [0.2, 0.25) is 5.78 Å². The summed E-state index contributed by atoms with van der Waals surface area (Å²) in [5.74, 6) is 2.44. The van der Waals surface area contributed by atoms with Crippen molar-refractivity contribution in [2.24, 2.45) is 17.6 Å². The van der Waals surface area contributed by atoms with Crippen LogP contribution in [0, 0.1) is 18.8 Å². The number of aromatic nitrogens is 1. The average molecular weight is 541 g/mol. The number of fused-ring (bicyclic) bond motifs is 1. The second-order valence-corrected chi connectivity index (χ2v) is 11.8. The highest BCUT2D eigenvalue weighted by atomic mass is 16.5. The highest BCUT2D eigenvalue weighted by Crippen LogP contribution is 2.39. The molecular weight excluding hydrogens is 492 g/mol. The number of carbonyl (C=O) groups is 1. The van der Waals surface area contributed by atoms with Crippen LogP contribution in [0.25, 0.3) is 22.0 Å². The number of rotatable bonds is 14. The fourth-order valence-electron chi connectivity index (χ4n) is 6.62. The zero-order valence-electron chi connectivity index (χ0n) is 25.0. The molecule has 0 saturated heterocycles. The van der Waals surface area contributed by atoms with Gasteiger partial charge in [0.05, 0.1) is 11.8 Å². The third kappa shape index (κ3) is 6.89. The summed E-state index contributed by atoms with van der Waals surface area (Å²) in [5, 5.41) is 0.957. The molecule has 1 aliphatic rings. The molecule has 3 aromatic rings. The molecule has 2 atom stereocenters. The van der Waals surface area contributed by atoms with Crippen LogP contribution in [0.15, 0.2) is 66.4 Å². The molecule has 3 N–H and O–H groups in total. The van der Waals surface area contributed by atoms with Crippen LogP contribution in [0.2, 0.25) is 0 Å². The lowest BCUT2D eigenvalue weighted by molar-refractivity contribution is 0.103. The number of aryl methyl sites for hydroxylation is 1. The lowest BCUT2D eigenvalue weighted by atomic mass is 9.83. The van der Waals surface area contributed by atoms with Crippen molar-refractivity contribution in [1.82, 2.24) is 4.98 Å². The normalized spacial score (nSPS) is 16.1. The van der Waals surface area contributed by atoms with Gasteiger partial charge in [0, 0.05) is 27.7 Å². The predicted octanol–water partition coefficient (Wildman–Crippen LogP) is 9.68. The van der Waals surface area contributed by atoms with Crippen LogP contribution in [-0.4, -0.2) is 16.9 Å². The van der Waals surface area contributed by atoms with E-state index in [0.717, 1.165) is 58.9 Å². The van der Waals surface area contributed by atoms with Crippen molar-refractivity contribution in [3.63, 3.8) is 0 Å². The fourth-order valence-corrected chi connectivity index (χ4v) is 6.62. The molecule has 1 aliphatic carbocycles. The van der Waals surface area contributed by atoms with Gasteiger partial charge in [0.15, 0.2) is 0 Å². The van der Waals surface area contributed by atoms with Crippen molar-refractivity contribution in [2.45, 2.75) is 98.0 Å². The summed E-state index contributed by atoms with van der Waals surface area (Å²) < 4.78 is 6.93. The van der Waals surface area contributed by atoms with Crippen molar-refractivity contribution in [3.05, 3.63) is 77.6 Å². The predicted molar refractivity (Wildman–Crippen MR) is 169 cm³/mol. The number of Topliss-reactive ketones (excluding diaryl/α,β-unsaturated/α-hetero) is 1. The maximum Gasteiger partial charge on any atom is 0.210 e. The molecule has 1 aromatic heterocycles. The average Bonchev–Trinajstić information content (AvgIpc) is 3.61. The molecule has 4 rings (SSSR count). The summed E-state index contributed by atoms with van der Waals surface area (Å²) in [4.78, 5) is 16.5. The van der Waals surface area contributed by atoms with Crippen LogP contribution >= 0.6 is 0 Å². The Bertz CT molecular complexity index is 1340. The van der Waals surface area contributed by atoms with E-state index in [1.54, 1.807) is 6.92 Å². The van der Waals surface area contributed by atoms with E-state index in [0.29, 0.717) is 17.0 Å². The van der Waals surface area contributed by atoms with Gasteiger partial charge in [0.1, 0.15) is 5.75 Å². The number of allylic oxidation sites excluding steroid dienone is 3. The number of hydrogen-bond donors (Lipinski definition) is 2. The van der Waals surface area contributed by atoms with Gasteiger partial charge in [-0.3, -0.25) is 4.79 Å². The van der Waals surface area contributed by atoms with Gasteiger partial charge < -0.3 is 15.5 Å². The van der Waals surface area contributed by atoms with Crippen molar-refractivity contribution in [3.8, 4) is 16.9 Å². The fraction of sp³-hybridized carbons (Fsp3) is 0.472. The van der Waals surface area contributed by atoms with E-state index in [4.69, 9.17) is 10.5 Å². The minimum absolute atomic E-state index is 0.149. The van der Waals surface area contributed by atoms with Crippen LogP contribution in [0.5, 0.6) is 5.75 Å². The Kier molecular flexibility index (Phi) is 10.3. The summed E-state index contributed by atoms with van der Waals surface area (Å²) >= 11 is 0. The van der Waals surface area contributed by atoms with Crippen LogP contribution in [0.3, 0.4) is 0 Å². The summed E-state index contributed by atoms with van der Waals surface area (Å²) in [6.07, 6.45) is 14.3. The van der Waals surface area contributed by atoms with Gasteiger partial charge >= 0.3 is 0 Å². The molecule has 1 fully saturated rings. The molecule has 2 aromatic carbocycles. The summed E-state index contributed by atoms with van der Waals surface area (Å²) in [6.45, 7) is 12.2. The molecule has 0 amide bonds. The molecule has 1 saturated carbocycles. The Hall–Kier alpha value is -3.27. The van der Waals surface area contributed by atoms with Crippen LogP contribution < -0.4 is 10.5 Å². The van der Waals surface area contributed by atoms with E-state index in [2.05, 4.69) is 68.7 Å². The number of nitrogens with one attached hydrogen (secondary N) is 1. The molecule has 0 radical (unpaired) electrons. The molecule has 1 heterocycles. The van der Waals surface area contributed by atoms with E-state index in [1.165, 1.54) is 56.6 Å². The molecule has 2 unspecified atom stereocenters. The second kappa shape index (κ2) is 13.9. The van der Waals surface area contributed by atoms with Crippen LogP contribution in [-0.2, 0) is 0 Å². The molecule has 4 nitrogen and oxygen atoms in total. The Morgan fingerprint density at radius 1 is 1.05 bits per heavy atom. The minimum atomic E-state index is -0.149. The first-order valence-electron chi connectivity index (χ1n) is 15.4. The first-order chi connectivity index (χ1) is 19.4. The highest BCUT2D eigenvalue weighted by Gasteiger charge is 2.26. The summed E-state index contributed by atoms with van der Waals surface area (Å²) in [7, 11) is 0.